The Kier molecular flexibility index (Phi) is 1.66. The number of ether oxygens (including phenoxy) is 1. The highest BCUT2D eigenvalue weighted by Gasteiger charge is 2.43. The molecule has 1 aliphatic rings. The summed E-state index contributed by atoms with van der Waals surface area (Å²) >= 11 is 0. The average molecular weight is 145 g/mol. The van der Waals surface area contributed by atoms with Crippen LogP contribution in [0.2, 0.25) is 0 Å². The van der Waals surface area contributed by atoms with Crippen LogP contribution in [0.3, 0.4) is 0 Å². The van der Waals surface area contributed by atoms with Gasteiger partial charge in [-0.2, -0.15) is 0 Å². The Morgan fingerprint density at radius 3 is 2.40 bits per heavy atom. The Morgan fingerprint density at radius 1 is 1.80 bits per heavy atom. The van der Waals surface area contributed by atoms with Gasteiger partial charge in [-0.1, -0.05) is 0 Å². The molecule has 4 nitrogen and oxygen atoms in total. The van der Waals surface area contributed by atoms with E-state index in [1.807, 2.05) is 0 Å². The van der Waals surface area contributed by atoms with Crippen LogP contribution >= 0.6 is 0 Å². The standard InChI is InChI=1S/C6H11NO3/c1-4(5(8)9)6(7)2-10-3-6/h4H,2-3,7H2,1H3,(H,8,9). The monoisotopic (exact) mass is 145 g/mol. The van der Waals surface area contributed by atoms with Crippen molar-refractivity contribution in [2.24, 2.45) is 11.7 Å². The van der Waals surface area contributed by atoms with Crippen LogP contribution in [0, 0.1) is 5.92 Å². The van der Waals surface area contributed by atoms with Crippen LogP contribution in [-0.4, -0.2) is 29.8 Å². The first-order valence-corrected chi connectivity index (χ1v) is 3.16. The molecular formula is C6H11NO3. The first kappa shape index (κ1) is 7.50. The lowest BCUT2D eigenvalue weighted by atomic mass is 9.84. The van der Waals surface area contributed by atoms with E-state index in [4.69, 9.17) is 15.6 Å². The molecule has 0 amide bonds. The van der Waals surface area contributed by atoms with Gasteiger partial charge in [-0.15, -0.1) is 0 Å². The summed E-state index contributed by atoms with van der Waals surface area (Å²) in [5, 5.41) is 8.55. The molecule has 58 valence electrons. The minimum absolute atomic E-state index is 0.362. The van der Waals surface area contributed by atoms with E-state index < -0.39 is 17.4 Å². The molecule has 1 atom stereocenters. The van der Waals surface area contributed by atoms with Crippen molar-refractivity contribution in [2.75, 3.05) is 13.2 Å². The van der Waals surface area contributed by atoms with Gasteiger partial charge in [0.15, 0.2) is 0 Å². The summed E-state index contributed by atoms with van der Waals surface area (Å²) in [5.74, 6) is -1.37. The van der Waals surface area contributed by atoms with Crippen LogP contribution in [0.4, 0.5) is 0 Å². The third kappa shape index (κ3) is 0.998. The summed E-state index contributed by atoms with van der Waals surface area (Å²) in [6.45, 7) is 2.33. The Hall–Kier alpha value is -0.610. The number of hydrogen-bond donors (Lipinski definition) is 2. The fraction of sp³-hybridized carbons (Fsp3) is 0.833. The van der Waals surface area contributed by atoms with Crippen molar-refractivity contribution >= 4 is 5.97 Å². The smallest absolute Gasteiger partial charge is 0.308 e. The van der Waals surface area contributed by atoms with Gasteiger partial charge in [-0.05, 0) is 6.92 Å². The van der Waals surface area contributed by atoms with Crippen molar-refractivity contribution in [3.05, 3.63) is 0 Å². The van der Waals surface area contributed by atoms with Crippen LogP contribution in [0.1, 0.15) is 6.92 Å². The third-order valence-corrected chi connectivity index (χ3v) is 1.97. The highest BCUT2D eigenvalue weighted by atomic mass is 16.5. The summed E-state index contributed by atoms with van der Waals surface area (Å²) in [4.78, 5) is 10.4. The zero-order valence-corrected chi connectivity index (χ0v) is 5.83. The van der Waals surface area contributed by atoms with Gasteiger partial charge >= 0.3 is 5.97 Å². The second-order valence-corrected chi connectivity index (χ2v) is 2.79. The molecule has 1 rings (SSSR count). The molecular weight excluding hydrogens is 134 g/mol. The van der Waals surface area contributed by atoms with Crippen molar-refractivity contribution in [1.29, 1.82) is 0 Å². The molecule has 0 bridgehead atoms. The fourth-order valence-corrected chi connectivity index (χ4v) is 0.834. The lowest BCUT2D eigenvalue weighted by Crippen LogP contribution is -2.63. The first-order chi connectivity index (χ1) is 4.56. The van der Waals surface area contributed by atoms with Crippen molar-refractivity contribution in [3.8, 4) is 0 Å². The minimum Gasteiger partial charge on any atom is -0.481 e. The van der Waals surface area contributed by atoms with Crippen molar-refractivity contribution in [3.63, 3.8) is 0 Å². The summed E-state index contributed by atoms with van der Waals surface area (Å²) in [6.07, 6.45) is 0. The molecule has 1 aliphatic heterocycles. The minimum atomic E-state index is -0.856. The van der Waals surface area contributed by atoms with Crippen molar-refractivity contribution < 1.29 is 14.6 Å². The van der Waals surface area contributed by atoms with Gasteiger partial charge in [0, 0.05) is 0 Å². The zero-order chi connectivity index (χ0) is 7.78. The van der Waals surface area contributed by atoms with E-state index in [9.17, 15) is 4.79 Å². The van der Waals surface area contributed by atoms with Crippen LogP contribution in [-0.2, 0) is 9.53 Å². The Morgan fingerprint density at radius 2 is 2.30 bits per heavy atom. The lowest BCUT2D eigenvalue weighted by Gasteiger charge is -2.40. The number of carboxylic acid groups (broad SMARTS) is 1. The number of carboxylic acids is 1. The quantitative estimate of drug-likeness (QED) is 0.546. The van der Waals surface area contributed by atoms with Gasteiger partial charge < -0.3 is 15.6 Å². The molecule has 3 N–H and O–H groups in total. The largest absolute Gasteiger partial charge is 0.481 e. The number of aliphatic carboxylic acids is 1. The van der Waals surface area contributed by atoms with Gasteiger partial charge in [0.2, 0.25) is 0 Å². The van der Waals surface area contributed by atoms with E-state index in [1.165, 1.54) is 0 Å². The molecule has 1 fully saturated rings. The SMILES string of the molecule is CC(C(=O)O)C1(N)COC1. The Labute approximate surface area is 59.0 Å². The zero-order valence-electron chi connectivity index (χ0n) is 5.83. The maximum Gasteiger partial charge on any atom is 0.308 e. The van der Waals surface area contributed by atoms with Gasteiger partial charge in [-0.3, -0.25) is 4.79 Å². The van der Waals surface area contributed by atoms with Crippen molar-refractivity contribution in [1.82, 2.24) is 0 Å². The summed E-state index contributed by atoms with van der Waals surface area (Å²) in [7, 11) is 0. The highest BCUT2D eigenvalue weighted by molar-refractivity contribution is 5.71. The van der Waals surface area contributed by atoms with Crippen LogP contribution in [0.25, 0.3) is 0 Å². The van der Waals surface area contributed by atoms with E-state index >= 15 is 0 Å². The van der Waals surface area contributed by atoms with Crippen LogP contribution in [0.5, 0.6) is 0 Å². The van der Waals surface area contributed by atoms with Gasteiger partial charge in [0.25, 0.3) is 0 Å². The molecule has 4 heteroatoms. The normalized spacial score (nSPS) is 25.0. The van der Waals surface area contributed by atoms with E-state index in [0.29, 0.717) is 13.2 Å². The molecule has 0 aliphatic carbocycles. The topological polar surface area (TPSA) is 72.5 Å². The highest BCUT2D eigenvalue weighted by Crippen LogP contribution is 2.22. The van der Waals surface area contributed by atoms with Gasteiger partial charge in [-0.25, -0.2) is 0 Å². The van der Waals surface area contributed by atoms with E-state index in [-0.39, 0.29) is 0 Å². The van der Waals surface area contributed by atoms with E-state index in [0.717, 1.165) is 0 Å². The van der Waals surface area contributed by atoms with Crippen molar-refractivity contribution in [2.45, 2.75) is 12.5 Å². The van der Waals surface area contributed by atoms with Crippen LogP contribution in [0.15, 0.2) is 0 Å². The average Bonchev–Trinajstić information content (AvgIpc) is 1.81. The summed E-state index contributed by atoms with van der Waals surface area (Å²) < 4.78 is 4.82. The molecule has 0 aromatic carbocycles. The number of rotatable bonds is 2. The number of carbonyl (C=O) groups is 1. The number of hydrogen-bond acceptors (Lipinski definition) is 3. The lowest BCUT2D eigenvalue weighted by molar-refractivity contribution is -0.153. The van der Waals surface area contributed by atoms with E-state index in [1.54, 1.807) is 6.92 Å². The first-order valence-electron chi connectivity index (χ1n) is 3.16. The Balaban J connectivity index is 2.54. The molecule has 0 aromatic heterocycles. The van der Waals surface area contributed by atoms with Crippen LogP contribution < -0.4 is 5.73 Å². The Bertz CT molecular complexity index is 153. The molecule has 0 saturated carbocycles. The predicted octanol–water partition coefficient (Wildman–Crippen LogP) is -0.565. The number of nitrogens with two attached hydrogens (primary N) is 1. The third-order valence-electron chi connectivity index (χ3n) is 1.97. The second kappa shape index (κ2) is 2.21. The molecule has 1 unspecified atom stereocenters. The maximum atomic E-state index is 10.4. The fourth-order valence-electron chi connectivity index (χ4n) is 0.834. The van der Waals surface area contributed by atoms with Gasteiger partial charge in [0.1, 0.15) is 0 Å². The molecule has 1 saturated heterocycles. The molecule has 0 radical (unpaired) electrons. The summed E-state index contributed by atoms with van der Waals surface area (Å²) in [5.41, 5.74) is 5.02. The molecule has 10 heavy (non-hydrogen) atoms. The molecule has 0 aromatic rings. The van der Waals surface area contributed by atoms with Gasteiger partial charge in [0.05, 0.1) is 24.7 Å². The summed E-state index contributed by atoms with van der Waals surface area (Å²) in [6, 6.07) is 0. The molecule has 1 heterocycles. The second-order valence-electron chi connectivity index (χ2n) is 2.79. The van der Waals surface area contributed by atoms with E-state index in [2.05, 4.69) is 0 Å². The maximum absolute atomic E-state index is 10.4. The molecule has 0 spiro atoms. The predicted molar refractivity (Wildman–Crippen MR) is 34.5 cm³/mol.